The van der Waals surface area contributed by atoms with Crippen LogP contribution in [0.5, 0.6) is 0 Å². The highest BCUT2D eigenvalue weighted by atomic mass is 16.5. The van der Waals surface area contributed by atoms with Crippen molar-refractivity contribution in [3.63, 3.8) is 0 Å². The topological polar surface area (TPSA) is 66.8 Å². The lowest BCUT2D eigenvalue weighted by atomic mass is 10.1. The van der Waals surface area contributed by atoms with Crippen molar-refractivity contribution in [1.29, 1.82) is 0 Å². The first kappa shape index (κ1) is 11.4. The second-order valence-electron chi connectivity index (χ2n) is 2.56. The number of ether oxygens (including phenoxy) is 1. The SMILES string of the molecule is CCCOC(=O)C(CO)CCO. The monoisotopic (exact) mass is 176 g/mol. The maximum Gasteiger partial charge on any atom is 0.311 e. The van der Waals surface area contributed by atoms with Gasteiger partial charge in [0, 0.05) is 6.61 Å². The highest BCUT2D eigenvalue weighted by molar-refractivity contribution is 5.72. The number of hydrogen-bond acceptors (Lipinski definition) is 4. The number of hydrogen-bond donors (Lipinski definition) is 2. The van der Waals surface area contributed by atoms with Crippen molar-refractivity contribution in [1.82, 2.24) is 0 Å². The summed E-state index contributed by atoms with van der Waals surface area (Å²) < 4.78 is 4.79. The van der Waals surface area contributed by atoms with Crippen molar-refractivity contribution in [3.05, 3.63) is 0 Å². The van der Waals surface area contributed by atoms with Gasteiger partial charge in [0.2, 0.25) is 0 Å². The first-order valence-electron chi connectivity index (χ1n) is 4.14. The van der Waals surface area contributed by atoms with Crippen LogP contribution in [0, 0.1) is 5.92 Å². The summed E-state index contributed by atoms with van der Waals surface area (Å²) >= 11 is 0. The Bertz CT molecular complexity index is 124. The van der Waals surface area contributed by atoms with Crippen LogP contribution >= 0.6 is 0 Å². The van der Waals surface area contributed by atoms with Crippen LogP contribution in [-0.4, -0.2) is 36.0 Å². The molecule has 4 heteroatoms. The highest BCUT2D eigenvalue weighted by Crippen LogP contribution is 2.04. The third kappa shape index (κ3) is 4.31. The van der Waals surface area contributed by atoms with Gasteiger partial charge in [-0.2, -0.15) is 0 Å². The zero-order chi connectivity index (χ0) is 9.40. The second kappa shape index (κ2) is 7.06. The minimum absolute atomic E-state index is 0.105. The van der Waals surface area contributed by atoms with E-state index in [1.165, 1.54) is 0 Å². The molecule has 0 radical (unpaired) electrons. The van der Waals surface area contributed by atoms with Crippen LogP contribution in [0.25, 0.3) is 0 Å². The van der Waals surface area contributed by atoms with Gasteiger partial charge in [0.15, 0.2) is 0 Å². The van der Waals surface area contributed by atoms with E-state index in [0.29, 0.717) is 6.61 Å². The summed E-state index contributed by atoms with van der Waals surface area (Å²) in [7, 11) is 0. The van der Waals surface area contributed by atoms with E-state index in [-0.39, 0.29) is 19.6 Å². The first-order chi connectivity index (χ1) is 5.76. The molecule has 0 bridgehead atoms. The van der Waals surface area contributed by atoms with E-state index >= 15 is 0 Å². The zero-order valence-electron chi connectivity index (χ0n) is 7.32. The lowest BCUT2D eigenvalue weighted by Gasteiger charge is -2.11. The molecule has 4 nitrogen and oxygen atoms in total. The lowest BCUT2D eigenvalue weighted by molar-refractivity contribution is -0.150. The van der Waals surface area contributed by atoms with Crippen molar-refractivity contribution in [3.8, 4) is 0 Å². The molecule has 0 aliphatic rings. The molecule has 1 unspecified atom stereocenters. The van der Waals surface area contributed by atoms with Crippen molar-refractivity contribution in [2.75, 3.05) is 19.8 Å². The maximum absolute atomic E-state index is 11.0. The smallest absolute Gasteiger partial charge is 0.311 e. The van der Waals surface area contributed by atoms with Gasteiger partial charge >= 0.3 is 5.97 Å². The summed E-state index contributed by atoms with van der Waals surface area (Å²) in [6, 6.07) is 0. The van der Waals surface area contributed by atoms with Gasteiger partial charge in [-0.25, -0.2) is 0 Å². The van der Waals surface area contributed by atoms with E-state index in [2.05, 4.69) is 0 Å². The third-order valence-corrected chi connectivity index (χ3v) is 1.48. The number of carbonyl (C=O) groups is 1. The average molecular weight is 176 g/mol. The minimum atomic E-state index is -0.568. The molecule has 0 saturated heterocycles. The van der Waals surface area contributed by atoms with Gasteiger partial charge in [-0.15, -0.1) is 0 Å². The van der Waals surface area contributed by atoms with Gasteiger partial charge in [-0.1, -0.05) is 6.92 Å². The van der Waals surface area contributed by atoms with E-state index in [1.54, 1.807) is 0 Å². The molecule has 0 saturated carbocycles. The summed E-state index contributed by atoms with van der Waals surface area (Å²) in [4.78, 5) is 11.0. The molecule has 0 heterocycles. The lowest BCUT2D eigenvalue weighted by Crippen LogP contribution is -2.22. The molecule has 12 heavy (non-hydrogen) atoms. The molecule has 0 rings (SSSR count). The Morgan fingerprint density at radius 3 is 2.58 bits per heavy atom. The maximum atomic E-state index is 11.0. The van der Waals surface area contributed by atoms with Crippen LogP contribution in [0.2, 0.25) is 0 Å². The molecule has 0 fully saturated rings. The summed E-state index contributed by atoms with van der Waals surface area (Å²) in [5.74, 6) is -0.991. The highest BCUT2D eigenvalue weighted by Gasteiger charge is 2.17. The quantitative estimate of drug-likeness (QED) is 0.556. The largest absolute Gasteiger partial charge is 0.465 e. The first-order valence-corrected chi connectivity index (χ1v) is 4.14. The Morgan fingerprint density at radius 1 is 1.50 bits per heavy atom. The molecular weight excluding hydrogens is 160 g/mol. The van der Waals surface area contributed by atoms with Crippen LogP contribution < -0.4 is 0 Å². The minimum Gasteiger partial charge on any atom is -0.465 e. The fourth-order valence-corrected chi connectivity index (χ4v) is 0.760. The van der Waals surface area contributed by atoms with E-state index in [4.69, 9.17) is 14.9 Å². The molecule has 0 spiro atoms. The Hall–Kier alpha value is -0.610. The number of rotatable bonds is 6. The predicted octanol–water partition coefficient (Wildman–Crippen LogP) is -0.0695. The Labute approximate surface area is 72.2 Å². The Kier molecular flexibility index (Phi) is 6.70. The normalized spacial score (nSPS) is 12.6. The number of carbonyl (C=O) groups excluding carboxylic acids is 1. The fourth-order valence-electron chi connectivity index (χ4n) is 0.760. The van der Waals surface area contributed by atoms with Crippen molar-refractivity contribution in [2.45, 2.75) is 19.8 Å². The molecule has 0 aromatic carbocycles. The van der Waals surface area contributed by atoms with Crippen LogP contribution in [-0.2, 0) is 9.53 Å². The fraction of sp³-hybridized carbons (Fsp3) is 0.875. The van der Waals surface area contributed by atoms with E-state index in [0.717, 1.165) is 6.42 Å². The summed E-state index contributed by atoms with van der Waals surface area (Å²) in [6.45, 7) is 1.91. The van der Waals surface area contributed by atoms with Crippen molar-refractivity contribution in [2.24, 2.45) is 5.92 Å². The Balaban J connectivity index is 3.69. The van der Waals surface area contributed by atoms with Crippen LogP contribution in [0.15, 0.2) is 0 Å². The van der Waals surface area contributed by atoms with E-state index < -0.39 is 11.9 Å². The van der Waals surface area contributed by atoms with Gasteiger partial charge < -0.3 is 14.9 Å². The Morgan fingerprint density at radius 2 is 2.17 bits per heavy atom. The van der Waals surface area contributed by atoms with Gasteiger partial charge in [0.1, 0.15) is 0 Å². The van der Waals surface area contributed by atoms with Gasteiger partial charge in [-0.05, 0) is 12.8 Å². The van der Waals surface area contributed by atoms with Gasteiger partial charge in [-0.3, -0.25) is 4.79 Å². The second-order valence-corrected chi connectivity index (χ2v) is 2.56. The van der Waals surface area contributed by atoms with Crippen LogP contribution in [0.3, 0.4) is 0 Å². The molecule has 0 aromatic rings. The molecular formula is C8H16O4. The molecule has 0 aliphatic heterocycles. The molecule has 72 valence electrons. The van der Waals surface area contributed by atoms with Crippen LogP contribution in [0.1, 0.15) is 19.8 Å². The molecule has 0 aliphatic carbocycles. The van der Waals surface area contributed by atoms with Crippen LogP contribution in [0.4, 0.5) is 0 Å². The van der Waals surface area contributed by atoms with Crippen molar-refractivity contribution >= 4 is 5.97 Å². The van der Waals surface area contributed by atoms with Crippen molar-refractivity contribution < 1.29 is 19.7 Å². The standard InChI is InChI=1S/C8H16O4/c1-2-5-12-8(11)7(6-10)3-4-9/h7,9-10H,2-6H2,1H3. The number of aliphatic hydroxyl groups excluding tert-OH is 2. The summed E-state index contributed by atoms with van der Waals surface area (Å²) in [5.41, 5.74) is 0. The molecule has 0 aromatic heterocycles. The number of aliphatic hydroxyl groups is 2. The van der Waals surface area contributed by atoms with Gasteiger partial charge in [0.25, 0.3) is 0 Å². The third-order valence-electron chi connectivity index (χ3n) is 1.48. The predicted molar refractivity (Wildman–Crippen MR) is 43.5 cm³/mol. The van der Waals surface area contributed by atoms with E-state index in [1.807, 2.05) is 6.92 Å². The average Bonchev–Trinajstić information content (AvgIpc) is 2.10. The summed E-state index contributed by atoms with van der Waals surface area (Å²) in [6.07, 6.45) is 1.03. The van der Waals surface area contributed by atoms with Gasteiger partial charge in [0.05, 0.1) is 19.1 Å². The molecule has 0 amide bonds. The number of esters is 1. The summed E-state index contributed by atoms with van der Waals surface area (Å²) in [5, 5.41) is 17.2. The zero-order valence-corrected chi connectivity index (χ0v) is 7.32. The van der Waals surface area contributed by atoms with E-state index in [9.17, 15) is 4.79 Å². The molecule has 1 atom stereocenters. The molecule has 2 N–H and O–H groups in total.